The van der Waals surface area contributed by atoms with Gasteiger partial charge in [0.1, 0.15) is 5.75 Å². The van der Waals surface area contributed by atoms with Crippen molar-refractivity contribution in [3.8, 4) is 17.2 Å². The molecule has 1 amide bonds. The number of likely N-dealkylation sites (N-methyl/N-ethyl adjacent to an activating group) is 1. The van der Waals surface area contributed by atoms with E-state index in [2.05, 4.69) is 5.32 Å². The number of ketones is 1. The minimum atomic E-state index is -0.221. The molecule has 1 aliphatic heterocycles. The first kappa shape index (κ1) is 18.7. The Morgan fingerprint density at radius 3 is 2.63 bits per heavy atom. The summed E-state index contributed by atoms with van der Waals surface area (Å²) in [7, 11) is 3.47. The van der Waals surface area contributed by atoms with Crippen molar-refractivity contribution in [1.29, 1.82) is 0 Å². The van der Waals surface area contributed by atoms with Crippen LogP contribution in [0.3, 0.4) is 0 Å². The van der Waals surface area contributed by atoms with Crippen LogP contribution in [0.1, 0.15) is 22.8 Å². The molecule has 0 radical (unpaired) electrons. The van der Waals surface area contributed by atoms with Crippen molar-refractivity contribution in [3.05, 3.63) is 47.5 Å². The van der Waals surface area contributed by atoms with E-state index < -0.39 is 0 Å². The number of carbonyl (C=O) groups excluding carboxylic acids is 2. The third kappa shape index (κ3) is 4.57. The Labute approximate surface area is 157 Å². The molecule has 7 heteroatoms. The lowest BCUT2D eigenvalue weighted by Crippen LogP contribution is -2.30. The molecule has 1 N–H and O–H groups in total. The van der Waals surface area contributed by atoms with Crippen LogP contribution < -0.4 is 19.5 Å². The van der Waals surface area contributed by atoms with E-state index in [0.717, 1.165) is 11.3 Å². The lowest BCUT2D eigenvalue weighted by Gasteiger charge is -2.17. The second kappa shape index (κ2) is 8.09. The van der Waals surface area contributed by atoms with Crippen molar-refractivity contribution >= 4 is 17.4 Å². The van der Waals surface area contributed by atoms with Gasteiger partial charge >= 0.3 is 0 Å². The van der Waals surface area contributed by atoms with Crippen LogP contribution in [0, 0.1) is 0 Å². The summed E-state index contributed by atoms with van der Waals surface area (Å²) in [5.74, 6) is 1.42. The van der Waals surface area contributed by atoms with Crippen LogP contribution in [0.25, 0.3) is 0 Å². The zero-order valence-corrected chi connectivity index (χ0v) is 15.6. The molecule has 27 heavy (non-hydrogen) atoms. The largest absolute Gasteiger partial charge is 0.497 e. The van der Waals surface area contributed by atoms with Crippen LogP contribution in [0.15, 0.2) is 36.4 Å². The number of hydrogen-bond acceptors (Lipinski definition) is 6. The number of ether oxygens (including phenoxy) is 3. The van der Waals surface area contributed by atoms with Gasteiger partial charge in [0.25, 0.3) is 0 Å². The van der Waals surface area contributed by atoms with Crippen molar-refractivity contribution in [2.45, 2.75) is 13.5 Å². The molecule has 0 saturated heterocycles. The van der Waals surface area contributed by atoms with Gasteiger partial charge in [-0.2, -0.15) is 0 Å². The fourth-order valence-corrected chi connectivity index (χ4v) is 2.91. The first-order chi connectivity index (χ1) is 13.0. The third-order valence-corrected chi connectivity index (χ3v) is 4.17. The summed E-state index contributed by atoms with van der Waals surface area (Å²) in [6.07, 6.45) is 0. The number of rotatable bonds is 7. The number of anilines is 1. The number of carbonyl (C=O) groups is 2. The topological polar surface area (TPSA) is 77.1 Å². The third-order valence-electron chi connectivity index (χ3n) is 4.17. The second-order valence-corrected chi connectivity index (χ2v) is 6.38. The number of Topliss-reactive ketones (excluding diaryl/α,β-unsaturated/α-hetero) is 1. The molecular formula is C20H22N2O5. The number of fused-ring (bicyclic) bond motifs is 1. The maximum Gasteiger partial charge on any atom is 0.238 e. The van der Waals surface area contributed by atoms with Crippen LogP contribution in [-0.4, -0.2) is 44.1 Å². The number of methoxy groups -OCH3 is 1. The molecule has 2 aromatic rings. The fraction of sp³-hybridized carbons (Fsp3) is 0.300. The van der Waals surface area contributed by atoms with E-state index in [-0.39, 0.29) is 25.0 Å². The lowest BCUT2D eigenvalue weighted by molar-refractivity contribution is -0.117. The van der Waals surface area contributed by atoms with Gasteiger partial charge in [-0.1, -0.05) is 12.1 Å². The van der Waals surface area contributed by atoms with Gasteiger partial charge in [-0.3, -0.25) is 14.5 Å². The molecule has 1 aliphatic rings. The summed E-state index contributed by atoms with van der Waals surface area (Å²) >= 11 is 0. The van der Waals surface area contributed by atoms with Crippen molar-refractivity contribution in [2.24, 2.45) is 0 Å². The molecule has 142 valence electrons. The maximum atomic E-state index is 12.5. The Kier molecular flexibility index (Phi) is 5.61. The molecule has 0 aromatic heterocycles. The average molecular weight is 370 g/mol. The molecule has 1 heterocycles. The summed E-state index contributed by atoms with van der Waals surface area (Å²) in [5, 5.41) is 2.80. The van der Waals surface area contributed by atoms with Crippen LogP contribution in [0.5, 0.6) is 17.2 Å². The van der Waals surface area contributed by atoms with Crippen molar-refractivity contribution in [3.63, 3.8) is 0 Å². The summed E-state index contributed by atoms with van der Waals surface area (Å²) in [6.45, 7) is 2.31. The SMILES string of the molecule is COc1cccc(CN(C)CC(=O)Nc2cc3c(cc2C(C)=O)OCO3)c1. The molecule has 0 aliphatic carbocycles. The fourth-order valence-electron chi connectivity index (χ4n) is 2.91. The van der Waals surface area contributed by atoms with Gasteiger partial charge in [0.15, 0.2) is 17.3 Å². The zero-order valence-electron chi connectivity index (χ0n) is 15.6. The monoisotopic (exact) mass is 370 g/mol. The first-order valence-electron chi connectivity index (χ1n) is 8.52. The van der Waals surface area contributed by atoms with Gasteiger partial charge in [0.05, 0.1) is 19.3 Å². The van der Waals surface area contributed by atoms with E-state index in [4.69, 9.17) is 14.2 Å². The van der Waals surface area contributed by atoms with E-state index in [1.165, 1.54) is 6.92 Å². The maximum absolute atomic E-state index is 12.5. The highest BCUT2D eigenvalue weighted by molar-refractivity contribution is 6.05. The van der Waals surface area contributed by atoms with Gasteiger partial charge in [0, 0.05) is 18.2 Å². The quantitative estimate of drug-likeness (QED) is 0.755. The minimum absolute atomic E-state index is 0.105. The van der Waals surface area contributed by atoms with E-state index >= 15 is 0 Å². The number of nitrogens with zero attached hydrogens (tertiary/aromatic N) is 1. The van der Waals surface area contributed by atoms with Crippen LogP contribution in [-0.2, 0) is 11.3 Å². The summed E-state index contributed by atoms with van der Waals surface area (Å²) in [6, 6.07) is 10.9. The van der Waals surface area contributed by atoms with Gasteiger partial charge in [-0.15, -0.1) is 0 Å². The molecule has 0 spiro atoms. The summed E-state index contributed by atoms with van der Waals surface area (Å²) in [5.41, 5.74) is 1.85. The highest BCUT2D eigenvalue weighted by Crippen LogP contribution is 2.37. The van der Waals surface area contributed by atoms with Crippen molar-refractivity contribution < 1.29 is 23.8 Å². The molecule has 0 bridgehead atoms. The Morgan fingerprint density at radius 2 is 1.93 bits per heavy atom. The van der Waals surface area contributed by atoms with Gasteiger partial charge in [-0.05, 0) is 37.7 Å². The smallest absolute Gasteiger partial charge is 0.238 e. The number of amides is 1. The Bertz CT molecular complexity index is 865. The molecule has 0 unspecified atom stereocenters. The highest BCUT2D eigenvalue weighted by atomic mass is 16.7. The zero-order chi connectivity index (χ0) is 19.4. The van der Waals surface area contributed by atoms with Crippen LogP contribution in [0.4, 0.5) is 5.69 Å². The van der Waals surface area contributed by atoms with Crippen molar-refractivity contribution in [1.82, 2.24) is 4.90 Å². The Hall–Kier alpha value is -3.06. The average Bonchev–Trinajstić information content (AvgIpc) is 3.08. The van der Waals surface area contributed by atoms with E-state index in [0.29, 0.717) is 29.3 Å². The lowest BCUT2D eigenvalue weighted by atomic mass is 10.1. The molecular weight excluding hydrogens is 348 g/mol. The number of benzene rings is 2. The normalized spacial score (nSPS) is 12.1. The Morgan fingerprint density at radius 1 is 1.19 bits per heavy atom. The predicted octanol–water partition coefficient (Wildman–Crippen LogP) is 2.70. The highest BCUT2D eigenvalue weighted by Gasteiger charge is 2.20. The molecule has 0 atom stereocenters. The van der Waals surface area contributed by atoms with Crippen molar-refractivity contribution in [2.75, 3.05) is 32.8 Å². The Balaban J connectivity index is 1.66. The van der Waals surface area contributed by atoms with E-state index in [1.54, 1.807) is 19.2 Å². The standard InChI is InChI=1S/C20H22N2O5/c1-13(23)16-8-18-19(27-12-26-18)9-17(16)21-20(24)11-22(2)10-14-5-4-6-15(7-14)25-3/h4-9H,10-12H2,1-3H3,(H,21,24). The van der Waals surface area contributed by atoms with E-state index in [1.807, 2.05) is 36.2 Å². The summed E-state index contributed by atoms with van der Waals surface area (Å²) in [4.78, 5) is 26.2. The number of hydrogen-bond donors (Lipinski definition) is 1. The minimum Gasteiger partial charge on any atom is -0.497 e. The predicted molar refractivity (Wildman–Crippen MR) is 101 cm³/mol. The van der Waals surface area contributed by atoms with Gasteiger partial charge in [-0.25, -0.2) is 0 Å². The molecule has 7 nitrogen and oxygen atoms in total. The van der Waals surface area contributed by atoms with E-state index in [9.17, 15) is 9.59 Å². The molecule has 2 aromatic carbocycles. The molecule has 3 rings (SSSR count). The number of nitrogens with one attached hydrogen (secondary N) is 1. The van der Waals surface area contributed by atoms with Gasteiger partial charge in [0.2, 0.25) is 12.7 Å². The van der Waals surface area contributed by atoms with Crippen LogP contribution in [0.2, 0.25) is 0 Å². The van der Waals surface area contributed by atoms with Crippen LogP contribution >= 0.6 is 0 Å². The van der Waals surface area contributed by atoms with Gasteiger partial charge < -0.3 is 19.5 Å². The summed E-state index contributed by atoms with van der Waals surface area (Å²) < 4.78 is 15.8. The second-order valence-electron chi connectivity index (χ2n) is 6.38. The molecule has 0 fully saturated rings. The first-order valence-corrected chi connectivity index (χ1v) is 8.52. The molecule has 0 saturated carbocycles.